The first-order valence-electron chi connectivity index (χ1n) is 8.62. The van der Waals surface area contributed by atoms with Gasteiger partial charge in [0.25, 0.3) is 0 Å². The van der Waals surface area contributed by atoms with Crippen LogP contribution < -0.4 is 0 Å². The average molecular weight is 467 g/mol. The predicted molar refractivity (Wildman–Crippen MR) is 128 cm³/mol. The summed E-state index contributed by atoms with van der Waals surface area (Å²) in [7, 11) is 0. The fraction of sp³-hybridized carbons (Fsp3) is 0.667. The maximum atomic E-state index is 9.51. The van der Waals surface area contributed by atoms with E-state index in [1.165, 1.54) is 11.1 Å². The molecule has 1 aromatic rings. The van der Waals surface area contributed by atoms with Crippen LogP contribution in [-0.4, -0.2) is 67.1 Å². The molecular weight excluding hydrogens is 441 g/mol. The SMILES string of the molecule is CSC(c1ccccc1C(SC)C1SCC(CO)S1)C1SCC(CO)S1. The van der Waals surface area contributed by atoms with Crippen LogP contribution in [0.25, 0.3) is 0 Å². The van der Waals surface area contributed by atoms with Gasteiger partial charge in [-0.15, -0.1) is 47.0 Å². The van der Waals surface area contributed by atoms with E-state index in [4.69, 9.17) is 0 Å². The van der Waals surface area contributed by atoms with Crippen LogP contribution in [0.1, 0.15) is 21.6 Å². The van der Waals surface area contributed by atoms with Gasteiger partial charge < -0.3 is 10.2 Å². The van der Waals surface area contributed by atoms with E-state index in [9.17, 15) is 10.2 Å². The Kier molecular flexibility index (Phi) is 9.16. The van der Waals surface area contributed by atoms with Crippen LogP contribution in [0, 0.1) is 0 Å². The third kappa shape index (κ3) is 5.04. The Labute approximate surface area is 182 Å². The highest BCUT2D eigenvalue weighted by molar-refractivity contribution is 8.22. The van der Waals surface area contributed by atoms with Crippen molar-refractivity contribution in [1.82, 2.24) is 0 Å². The summed E-state index contributed by atoms with van der Waals surface area (Å²) in [6.45, 7) is 0.560. The van der Waals surface area contributed by atoms with E-state index in [1.54, 1.807) is 0 Å². The van der Waals surface area contributed by atoms with E-state index in [0.717, 1.165) is 11.5 Å². The van der Waals surface area contributed by atoms with Crippen molar-refractivity contribution in [2.75, 3.05) is 37.2 Å². The van der Waals surface area contributed by atoms with Gasteiger partial charge in [-0.25, -0.2) is 0 Å². The first kappa shape index (κ1) is 21.9. The van der Waals surface area contributed by atoms with Crippen molar-refractivity contribution in [3.63, 3.8) is 0 Å². The minimum absolute atomic E-state index is 0.280. The quantitative estimate of drug-likeness (QED) is 0.565. The Morgan fingerprint density at radius 2 is 1.31 bits per heavy atom. The van der Waals surface area contributed by atoms with Gasteiger partial charge in [-0.2, -0.15) is 23.5 Å². The van der Waals surface area contributed by atoms with Crippen LogP contribution in [0.4, 0.5) is 0 Å². The molecule has 6 unspecified atom stereocenters. The number of hydrogen-bond donors (Lipinski definition) is 2. The molecule has 2 heterocycles. The second kappa shape index (κ2) is 10.9. The van der Waals surface area contributed by atoms with Gasteiger partial charge in [0.15, 0.2) is 0 Å². The van der Waals surface area contributed by atoms with Crippen molar-refractivity contribution < 1.29 is 10.2 Å². The van der Waals surface area contributed by atoms with Gasteiger partial charge in [-0.05, 0) is 23.6 Å². The fourth-order valence-corrected chi connectivity index (χ4v) is 13.1. The summed E-state index contributed by atoms with van der Waals surface area (Å²) in [5.74, 6) is 2.09. The van der Waals surface area contributed by atoms with Crippen molar-refractivity contribution in [1.29, 1.82) is 0 Å². The minimum atomic E-state index is 0.280. The molecular formula is C18H26O2S6. The minimum Gasteiger partial charge on any atom is -0.395 e. The first-order chi connectivity index (χ1) is 12.7. The van der Waals surface area contributed by atoms with E-state index in [-0.39, 0.29) is 13.2 Å². The van der Waals surface area contributed by atoms with E-state index in [0.29, 0.717) is 30.2 Å². The van der Waals surface area contributed by atoms with E-state index in [1.807, 2.05) is 70.6 Å². The van der Waals surface area contributed by atoms with Crippen LogP contribution in [0.5, 0.6) is 0 Å². The average Bonchev–Trinajstić information content (AvgIpc) is 3.34. The van der Waals surface area contributed by atoms with Crippen molar-refractivity contribution in [2.45, 2.75) is 30.2 Å². The van der Waals surface area contributed by atoms with Gasteiger partial charge in [0.1, 0.15) is 0 Å². The van der Waals surface area contributed by atoms with E-state index >= 15 is 0 Å². The number of rotatable bonds is 8. The molecule has 0 amide bonds. The van der Waals surface area contributed by atoms with Gasteiger partial charge in [-0.3, -0.25) is 0 Å². The summed E-state index contributed by atoms with van der Waals surface area (Å²) in [6, 6.07) is 8.94. The Morgan fingerprint density at radius 3 is 1.62 bits per heavy atom. The summed E-state index contributed by atoms with van der Waals surface area (Å²) < 4.78 is 1.000. The molecule has 1 aromatic carbocycles. The highest BCUT2D eigenvalue weighted by Crippen LogP contribution is 2.54. The molecule has 0 aromatic heterocycles. The van der Waals surface area contributed by atoms with Gasteiger partial charge in [0.05, 0.1) is 32.9 Å². The maximum Gasteiger partial charge on any atom is 0.0666 e. The molecule has 2 aliphatic heterocycles. The lowest BCUT2D eigenvalue weighted by Crippen LogP contribution is -2.15. The summed E-state index contributed by atoms with van der Waals surface area (Å²) in [5.41, 5.74) is 2.91. The summed E-state index contributed by atoms with van der Waals surface area (Å²) in [5, 5.41) is 20.6. The van der Waals surface area contributed by atoms with Crippen LogP contribution in [-0.2, 0) is 0 Å². The normalized spacial score (nSPS) is 31.2. The second-order valence-electron chi connectivity index (χ2n) is 6.23. The highest BCUT2D eigenvalue weighted by Gasteiger charge is 2.37. The molecule has 146 valence electrons. The molecule has 8 heteroatoms. The lowest BCUT2D eigenvalue weighted by Gasteiger charge is -2.29. The first-order valence-corrected chi connectivity index (χ1v) is 15.2. The van der Waals surface area contributed by atoms with Crippen molar-refractivity contribution in [2.24, 2.45) is 0 Å². The summed E-state index contributed by atoms with van der Waals surface area (Å²) >= 11 is 11.8. The van der Waals surface area contributed by atoms with Crippen LogP contribution in [0.2, 0.25) is 0 Å². The van der Waals surface area contributed by atoms with Crippen molar-refractivity contribution in [3.05, 3.63) is 35.4 Å². The second-order valence-corrected chi connectivity index (χ2v) is 14.0. The highest BCUT2D eigenvalue weighted by atomic mass is 32.2. The molecule has 0 radical (unpaired) electrons. The van der Waals surface area contributed by atoms with Gasteiger partial charge >= 0.3 is 0 Å². The maximum absolute atomic E-state index is 9.51. The number of hydrogen-bond acceptors (Lipinski definition) is 8. The zero-order valence-electron chi connectivity index (χ0n) is 14.9. The monoisotopic (exact) mass is 466 g/mol. The molecule has 26 heavy (non-hydrogen) atoms. The number of thioether (sulfide) groups is 6. The van der Waals surface area contributed by atoms with Gasteiger partial charge in [0, 0.05) is 22.0 Å². The topological polar surface area (TPSA) is 40.5 Å². The molecule has 0 saturated carbocycles. The molecule has 2 nitrogen and oxygen atoms in total. The largest absolute Gasteiger partial charge is 0.395 e. The van der Waals surface area contributed by atoms with Gasteiger partial charge in [-0.1, -0.05) is 24.3 Å². The lowest BCUT2D eigenvalue weighted by atomic mass is 10.0. The van der Waals surface area contributed by atoms with Crippen LogP contribution in [0.15, 0.2) is 24.3 Å². The Morgan fingerprint density at radius 1 is 0.885 bits per heavy atom. The molecule has 3 rings (SSSR count). The molecule has 2 fully saturated rings. The molecule has 0 aliphatic carbocycles. The van der Waals surface area contributed by atoms with Crippen molar-refractivity contribution >= 4 is 70.6 Å². The molecule has 6 atom stereocenters. The predicted octanol–water partition coefficient (Wildman–Crippen LogP) is 4.83. The van der Waals surface area contributed by atoms with Crippen molar-refractivity contribution in [3.8, 4) is 0 Å². The molecule has 0 spiro atoms. The number of benzene rings is 1. The summed E-state index contributed by atoms with van der Waals surface area (Å²) in [4.78, 5) is 0. The molecule has 2 saturated heterocycles. The molecule has 0 bridgehead atoms. The zero-order valence-corrected chi connectivity index (χ0v) is 19.8. The third-order valence-electron chi connectivity index (χ3n) is 4.56. The Bertz CT molecular complexity index is 525. The molecule has 2 aliphatic rings. The van der Waals surface area contributed by atoms with Crippen LogP contribution >= 0.6 is 70.6 Å². The fourth-order valence-electron chi connectivity index (χ4n) is 3.25. The standard InChI is InChI=1S/C18H26O2S6/c1-21-15(17-23-9-11(7-19)25-17)13-5-3-4-6-14(13)16(22-2)18-24-10-12(8-20)26-18/h3-6,11-12,15-20H,7-10H2,1-2H3. The smallest absolute Gasteiger partial charge is 0.0666 e. The number of aliphatic hydroxyl groups is 2. The Hall–Kier alpha value is 1.24. The Balaban J connectivity index is 1.84. The number of aliphatic hydroxyl groups excluding tert-OH is 2. The lowest BCUT2D eigenvalue weighted by molar-refractivity contribution is 0.301. The van der Waals surface area contributed by atoms with E-state index in [2.05, 4.69) is 36.8 Å². The van der Waals surface area contributed by atoms with E-state index < -0.39 is 0 Å². The molecule has 2 N–H and O–H groups in total. The zero-order chi connectivity index (χ0) is 18.5. The van der Waals surface area contributed by atoms with Crippen LogP contribution in [0.3, 0.4) is 0 Å². The third-order valence-corrected chi connectivity index (χ3v) is 14.1. The summed E-state index contributed by atoms with van der Waals surface area (Å²) in [6.07, 6.45) is 4.42. The van der Waals surface area contributed by atoms with Gasteiger partial charge in [0.2, 0.25) is 0 Å².